The van der Waals surface area contributed by atoms with E-state index >= 15 is 0 Å². The van der Waals surface area contributed by atoms with Crippen molar-refractivity contribution in [1.29, 1.82) is 0 Å². The predicted molar refractivity (Wildman–Crippen MR) is 76.2 cm³/mol. The first-order valence-corrected chi connectivity index (χ1v) is 7.00. The van der Waals surface area contributed by atoms with Gasteiger partial charge in [-0.15, -0.1) is 0 Å². The standard InChI is InChI=1S/C14H16BrNO2/c1-14(2,7-8-15)16-13(17)11-9-18-12-6-4-3-5-10(11)12/h3-6,9H,7-8H2,1-2H3,(H,16,17). The van der Waals surface area contributed by atoms with Crippen LogP contribution in [-0.2, 0) is 0 Å². The predicted octanol–water partition coefficient (Wildman–Crippen LogP) is 3.73. The van der Waals surface area contributed by atoms with Crippen LogP contribution in [0.15, 0.2) is 34.9 Å². The van der Waals surface area contributed by atoms with Crippen LogP contribution in [0.2, 0.25) is 0 Å². The van der Waals surface area contributed by atoms with Gasteiger partial charge in [0.1, 0.15) is 11.8 Å². The van der Waals surface area contributed by atoms with Crippen LogP contribution in [0.1, 0.15) is 30.6 Å². The summed E-state index contributed by atoms with van der Waals surface area (Å²) in [4.78, 5) is 12.2. The van der Waals surface area contributed by atoms with E-state index in [2.05, 4.69) is 21.2 Å². The zero-order valence-corrected chi connectivity index (χ0v) is 12.1. The van der Waals surface area contributed by atoms with E-state index in [0.29, 0.717) is 5.56 Å². The zero-order valence-electron chi connectivity index (χ0n) is 10.5. The lowest BCUT2D eigenvalue weighted by Gasteiger charge is -2.25. The molecule has 0 saturated carbocycles. The smallest absolute Gasteiger partial charge is 0.255 e. The number of halogens is 1. The lowest BCUT2D eigenvalue weighted by molar-refractivity contribution is 0.0912. The van der Waals surface area contributed by atoms with Gasteiger partial charge in [0.2, 0.25) is 0 Å². The molecule has 3 nitrogen and oxygen atoms in total. The Labute approximate surface area is 115 Å². The molecule has 1 aromatic carbocycles. The number of carbonyl (C=O) groups excluding carboxylic acids is 1. The molecule has 1 aromatic heterocycles. The topological polar surface area (TPSA) is 42.2 Å². The van der Waals surface area contributed by atoms with Crippen LogP contribution in [-0.4, -0.2) is 16.8 Å². The molecule has 0 bridgehead atoms. The van der Waals surface area contributed by atoms with Gasteiger partial charge in [-0.3, -0.25) is 4.79 Å². The van der Waals surface area contributed by atoms with Crippen molar-refractivity contribution in [3.8, 4) is 0 Å². The minimum atomic E-state index is -0.237. The van der Waals surface area contributed by atoms with Crippen molar-refractivity contribution in [2.24, 2.45) is 0 Å². The van der Waals surface area contributed by atoms with E-state index in [1.165, 1.54) is 6.26 Å². The van der Waals surface area contributed by atoms with Crippen LogP contribution < -0.4 is 5.32 Å². The number of para-hydroxylation sites is 1. The van der Waals surface area contributed by atoms with Gasteiger partial charge in [0.05, 0.1) is 5.56 Å². The lowest BCUT2D eigenvalue weighted by Crippen LogP contribution is -2.43. The van der Waals surface area contributed by atoms with Gasteiger partial charge in [0.25, 0.3) is 5.91 Å². The summed E-state index contributed by atoms with van der Waals surface area (Å²) in [7, 11) is 0. The highest BCUT2D eigenvalue weighted by atomic mass is 79.9. The van der Waals surface area contributed by atoms with Gasteiger partial charge >= 0.3 is 0 Å². The molecular formula is C14H16BrNO2. The Balaban J connectivity index is 2.24. The van der Waals surface area contributed by atoms with E-state index in [4.69, 9.17) is 4.42 Å². The number of fused-ring (bicyclic) bond motifs is 1. The Kier molecular flexibility index (Phi) is 3.76. The molecule has 2 aromatic rings. The largest absolute Gasteiger partial charge is 0.463 e. The molecule has 0 fully saturated rings. The van der Waals surface area contributed by atoms with Gasteiger partial charge in [-0.2, -0.15) is 0 Å². The molecule has 0 aliphatic carbocycles. The summed E-state index contributed by atoms with van der Waals surface area (Å²) in [5, 5.41) is 4.73. The molecule has 1 amide bonds. The summed E-state index contributed by atoms with van der Waals surface area (Å²) in [5.41, 5.74) is 1.09. The van der Waals surface area contributed by atoms with Crippen molar-refractivity contribution in [3.05, 3.63) is 36.1 Å². The van der Waals surface area contributed by atoms with Gasteiger partial charge < -0.3 is 9.73 Å². The molecule has 96 valence electrons. The number of hydrogen-bond donors (Lipinski definition) is 1. The van der Waals surface area contributed by atoms with Crippen molar-refractivity contribution >= 4 is 32.8 Å². The molecule has 0 unspecified atom stereocenters. The molecule has 0 saturated heterocycles. The second-order valence-electron chi connectivity index (χ2n) is 4.92. The maximum absolute atomic E-state index is 12.2. The maximum Gasteiger partial charge on any atom is 0.255 e. The highest BCUT2D eigenvalue weighted by Crippen LogP contribution is 2.21. The highest BCUT2D eigenvalue weighted by Gasteiger charge is 2.22. The second kappa shape index (κ2) is 5.14. The van der Waals surface area contributed by atoms with Crippen LogP contribution in [0.5, 0.6) is 0 Å². The van der Waals surface area contributed by atoms with Crippen molar-refractivity contribution in [2.45, 2.75) is 25.8 Å². The number of rotatable bonds is 4. The summed E-state index contributed by atoms with van der Waals surface area (Å²) in [6, 6.07) is 7.54. The molecule has 2 rings (SSSR count). The fourth-order valence-electron chi connectivity index (χ4n) is 1.83. The summed E-state index contributed by atoms with van der Waals surface area (Å²) in [5.74, 6) is -0.0918. The van der Waals surface area contributed by atoms with Crippen LogP contribution in [0.4, 0.5) is 0 Å². The number of carbonyl (C=O) groups is 1. The van der Waals surface area contributed by atoms with E-state index < -0.39 is 0 Å². The third-order valence-electron chi connectivity index (χ3n) is 2.90. The Hall–Kier alpha value is -1.29. The first kappa shape index (κ1) is 13.1. The first-order chi connectivity index (χ1) is 8.53. The lowest BCUT2D eigenvalue weighted by atomic mass is 10.0. The minimum absolute atomic E-state index is 0.0918. The fourth-order valence-corrected chi connectivity index (χ4v) is 2.82. The molecule has 0 radical (unpaired) electrons. The van der Waals surface area contributed by atoms with E-state index in [-0.39, 0.29) is 11.4 Å². The molecule has 0 aliphatic heterocycles. The van der Waals surface area contributed by atoms with E-state index in [9.17, 15) is 4.79 Å². The second-order valence-corrected chi connectivity index (χ2v) is 5.72. The summed E-state index contributed by atoms with van der Waals surface area (Å²) >= 11 is 3.39. The Morgan fingerprint density at radius 2 is 2.11 bits per heavy atom. The third-order valence-corrected chi connectivity index (χ3v) is 3.29. The number of hydrogen-bond acceptors (Lipinski definition) is 2. The molecule has 0 aliphatic rings. The normalized spacial score (nSPS) is 11.7. The summed E-state index contributed by atoms with van der Waals surface area (Å²) < 4.78 is 5.37. The molecular weight excluding hydrogens is 294 g/mol. The van der Waals surface area contributed by atoms with Gasteiger partial charge in [-0.05, 0) is 26.3 Å². The molecule has 1 N–H and O–H groups in total. The van der Waals surface area contributed by atoms with Crippen LogP contribution in [0.25, 0.3) is 11.0 Å². The number of furan rings is 1. The third kappa shape index (κ3) is 2.75. The molecule has 0 spiro atoms. The fraction of sp³-hybridized carbons (Fsp3) is 0.357. The number of benzene rings is 1. The number of alkyl halides is 1. The molecule has 1 heterocycles. The van der Waals surface area contributed by atoms with Crippen molar-refractivity contribution in [3.63, 3.8) is 0 Å². The molecule has 0 atom stereocenters. The first-order valence-electron chi connectivity index (χ1n) is 5.88. The van der Waals surface area contributed by atoms with Gasteiger partial charge in [0.15, 0.2) is 0 Å². The molecule has 4 heteroatoms. The van der Waals surface area contributed by atoms with E-state index in [1.54, 1.807) is 0 Å². The van der Waals surface area contributed by atoms with Crippen LogP contribution in [0.3, 0.4) is 0 Å². The van der Waals surface area contributed by atoms with Crippen LogP contribution in [0, 0.1) is 0 Å². The Bertz CT molecular complexity index is 560. The monoisotopic (exact) mass is 309 g/mol. The highest BCUT2D eigenvalue weighted by molar-refractivity contribution is 9.09. The van der Waals surface area contributed by atoms with Gasteiger partial charge in [0, 0.05) is 16.3 Å². The Morgan fingerprint density at radius 3 is 2.83 bits per heavy atom. The van der Waals surface area contributed by atoms with Crippen molar-refractivity contribution in [1.82, 2.24) is 5.32 Å². The SMILES string of the molecule is CC(C)(CCBr)NC(=O)c1coc2ccccc12. The summed E-state index contributed by atoms with van der Waals surface area (Å²) in [6.07, 6.45) is 2.39. The Morgan fingerprint density at radius 1 is 1.39 bits per heavy atom. The zero-order chi connectivity index (χ0) is 13.2. The number of amides is 1. The average Bonchev–Trinajstić information content (AvgIpc) is 2.71. The van der Waals surface area contributed by atoms with Crippen molar-refractivity contribution in [2.75, 3.05) is 5.33 Å². The molecule has 18 heavy (non-hydrogen) atoms. The minimum Gasteiger partial charge on any atom is -0.463 e. The maximum atomic E-state index is 12.2. The van der Waals surface area contributed by atoms with E-state index in [1.807, 2.05) is 38.1 Å². The number of nitrogens with one attached hydrogen (secondary N) is 1. The van der Waals surface area contributed by atoms with Gasteiger partial charge in [-0.25, -0.2) is 0 Å². The van der Waals surface area contributed by atoms with Crippen LogP contribution >= 0.6 is 15.9 Å². The van der Waals surface area contributed by atoms with Crippen molar-refractivity contribution < 1.29 is 9.21 Å². The quantitative estimate of drug-likeness (QED) is 0.874. The summed E-state index contributed by atoms with van der Waals surface area (Å²) in [6.45, 7) is 4.02. The average molecular weight is 310 g/mol. The van der Waals surface area contributed by atoms with E-state index in [0.717, 1.165) is 22.7 Å². The van der Waals surface area contributed by atoms with Gasteiger partial charge in [-0.1, -0.05) is 34.1 Å².